The molecule has 0 bridgehead atoms. The van der Waals surface area contributed by atoms with Crippen LogP contribution in [0.5, 0.6) is 11.5 Å². The first-order valence-corrected chi connectivity index (χ1v) is 10.6. The average molecular weight is 434 g/mol. The quantitative estimate of drug-likeness (QED) is 0.675. The Morgan fingerprint density at radius 1 is 1.22 bits per heavy atom. The number of methoxy groups -OCH3 is 1. The summed E-state index contributed by atoms with van der Waals surface area (Å²) in [5.41, 5.74) is 4.28. The summed E-state index contributed by atoms with van der Waals surface area (Å²) in [6.07, 6.45) is 2.85. The predicted molar refractivity (Wildman–Crippen MR) is 121 cm³/mol. The molecule has 7 heteroatoms. The molecule has 0 radical (unpaired) electrons. The SMILES string of the molecule is COc1cc([C@H]2C(C(=O)Nc3ccc(C)cn3)=C(C)NC3=C2C(=O)C[C@@H](C)C3)ccc1O. The molecule has 166 valence electrons. The summed E-state index contributed by atoms with van der Waals surface area (Å²) in [4.78, 5) is 30.9. The van der Waals surface area contributed by atoms with Crippen molar-refractivity contribution in [3.63, 3.8) is 0 Å². The fourth-order valence-electron chi connectivity index (χ4n) is 4.47. The lowest BCUT2D eigenvalue weighted by molar-refractivity contribution is -0.117. The van der Waals surface area contributed by atoms with Gasteiger partial charge in [-0.15, -0.1) is 0 Å². The molecule has 2 heterocycles. The molecule has 2 atom stereocenters. The second-order valence-electron chi connectivity index (χ2n) is 8.53. The van der Waals surface area contributed by atoms with Crippen LogP contribution in [0.15, 0.2) is 59.1 Å². The number of aryl methyl sites for hydroxylation is 1. The van der Waals surface area contributed by atoms with Crippen LogP contribution in [0.3, 0.4) is 0 Å². The van der Waals surface area contributed by atoms with Gasteiger partial charge in [-0.3, -0.25) is 9.59 Å². The molecule has 1 aliphatic heterocycles. The molecule has 0 unspecified atom stereocenters. The van der Waals surface area contributed by atoms with E-state index in [9.17, 15) is 14.7 Å². The van der Waals surface area contributed by atoms with Gasteiger partial charge in [-0.25, -0.2) is 4.98 Å². The standard InChI is InChI=1S/C25H27N3O4/c1-13-5-8-21(26-12-13)28-25(31)22-15(3)27-17-9-14(2)10-19(30)24(17)23(22)16-6-7-18(29)20(11-16)32-4/h5-8,11-12,14,23,27,29H,9-10H2,1-4H3,(H,26,28,31)/t14-,23-/m0/s1. The molecule has 0 spiro atoms. The highest BCUT2D eigenvalue weighted by molar-refractivity contribution is 6.09. The highest BCUT2D eigenvalue weighted by Crippen LogP contribution is 2.45. The maximum absolute atomic E-state index is 13.4. The lowest BCUT2D eigenvalue weighted by atomic mass is 9.73. The normalized spacial score (nSPS) is 20.6. The lowest BCUT2D eigenvalue weighted by Crippen LogP contribution is -2.37. The number of phenols is 1. The molecule has 7 nitrogen and oxygen atoms in total. The predicted octanol–water partition coefficient (Wildman–Crippen LogP) is 3.96. The van der Waals surface area contributed by atoms with Crippen molar-refractivity contribution in [1.29, 1.82) is 0 Å². The number of phenolic OH excluding ortho intramolecular Hbond substituents is 1. The van der Waals surface area contributed by atoms with Crippen molar-refractivity contribution >= 4 is 17.5 Å². The second-order valence-corrected chi connectivity index (χ2v) is 8.53. The lowest BCUT2D eigenvalue weighted by Gasteiger charge is -2.36. The summed E-state index contributed by atoms with van der Waals surface area (Å²) in [6, 6.07) is 8.56. The number of allylic oxidation sites excluding steroid dienone is 3. The molecule has 0 saturated heterocycles. The van der Waals surface area contributed by atoms with Gasteiger partial charge < -0.3 is 20.5 Å². The zero-order chi connectivity index (χ0) is 23.0. The third kappa shape index (κ3) is 3.98. The van der Waals surface area contributed by atoms with Gasteiger partial charge in [0.2, 0.25) is 0 Å². The summed E-state index contributed by atoms with van der Waals surface area (Å²) >= 11 is 0. The van der Waals surface area contributed by atoms with Crippen molar-refractivity contribution in [3.8, 4) is 11.5 Å². The minimum atomic E-state index is -0.578. The number of benzene rings is 1. The van der Waals surface area contributed by atoms with Crippen molar-refractivity contribution in [1.82, 2.24) is 10.3 Å². The smallest absolute Gasteiger partial charge is 0.255 e. The number of hydrogen-bond donors (Lipinski definition) is 3. The number of pyridine rings is 1. The largest absolute Gasteiger partial charge is 0.504 e. The topological polar surface area (TPSA) is 101 Å². The number of carbonyl (C=O) groups excluding carboxylic acids is 2. The molecule has 4 rings (SSSR count). The van der Waals surface area contributed by atoms with Crippen LogP contribution in [-0.4, -0.2) is 28.9 Å². The molecule has 1 amide bonds. The number of rotatable bonds is 4. The van der Waals surface area contributed by atoms with E-state index in [-0.39, 0.29) is 29.1 Å². The van der Waals surface area contributed by atoms with Gasteiger partial charge in [-0.1, -0.05) is 19.1 Å². The summed E-state index contributed by atoms with van der Waals surface area (Å²) < 4.78 is 5.29. The number of amides is 1. The van der Waals surface area contributed by atoms with Crippen molar-refractivity contribution in [2.45, 2.75) is 39.5 Å². The third-order valence-corrected chi connectivity index (χ3v) is 5.97. The Labute approximate surface area is 187 Å². The number of carbonyl (C=O) groups is 2. The van der Waals surface area contributed by atoms with E-state index in [0.717, 1.165) is 17.7 Å². The Hall–Kier alpha value is -3.61. The van der Waals surface area contributed by atoms with Gasteiger partial charge in [0, 0.05) is 41.1 Å². The van der Waals surface area contributed by atoms with Crippen LogP contribution in [0.1, 0.15) is 43.7 Å². The molecule has 2 aliphatic rings. The summed E-state index contributed by atoms with van der Waals surface area (Å²) in [7, 11) is 1.47. The van der Waals surface area contributed by atoms with Crippen LogP contribution >= 0.6 is 0 Å². The van der Waals surface area contributed by atoms with Crippen LogP contribution in [0.4, 0.5) is 5.82 Å². The zero-order valence-corrected chi connectivity index (χ0v) is 18.7. The van der Waals surface area contributed by atoms with E-state index >= 15 is 0 Å². The number of hydrogen-bond acceptors (Lipinski definition) is 6. The van der Waals surface area contributed by atoms with Crippen molar-refractivity contribution < 1.29 is 19.4 Å². The molecule has 1 aliphatic carbocycles. The van der Waals surface area contributed by atoms with Crippen LogP contribution in [0.25, 0.3) is 0 Å². The van der Waals surface area contributed by atoms with Gasteiger partial charge >= 0.3 is 0 Å². The number of ketones is 1. The molecule has 1 aromatic heterocycles. The van der Waals surface area contributed by atoms with Crippen LogP contribution in [0.2, 0.25) is 0 Å². The van der Waals surface area contributed by atoms with E-state index < -0.39 is 5.92 Å². The Morgan fingerprint density at radius 3 is 2.69 bits per heavy atom. The molecule has 0 fully saturated rings. The van der Waals surface area contributed by atoms with Gasteiger partial charge in [-0.05, 0) is 55.5 Å². The number of aromatic nitrogens is 1. The number of nitrogens with zero attached hydrogens (tertiary/aromatic N) is 1. The number of Topliss-reactive ketones (excluding diaryl/α,β-unsaturated/α-hetero) is 1. The molecule has 0 saturated carbocycles. The molecule has 2 aromatic rings. The Kier molecular flexibility index (Phi) is 5.74. The summed E-state index contributed by atoms with van der Waals surface area (Å²) in [6.45, 7) is 5.82. The summed E-state index contributed by atoms with van der Waals surface area (Å²) in [5, 5.41) is 16.3. The highest BCUT2D eigenvalue weighted by atomic mass is 16.5. The van der Waals surface area contributed by atoms with E-state index in [0.29, 0.717) is 34.6 Å². The van der Waals surface area contributed by atoms with Gasteiger partial charge in [0.1, 0.15) is 5.82 Å². The number of anilines is 1. The van der Waals surface area contributed by atoms with Crippen molar-refractivity contribution in [2.24, 2.45) is 5.92 Å². The maximum atomic E-state index is 13.4. The number of aromatic hydroxyl groups is 1. The van der Waals surface area contributed by atoms with E-state index in [4.69, 9.17) is 4.74 Å². The first kappa shape index (κ1) is 21.6. The first-order valence-electron chi connectivity index (χ1n) is 10.6. The summed E-state index contributed by atoms with van der Waals surface area (Å²) in [5.74, 6) is 0.0630. The van der Waals surface area contributed by atoms with Gasteiger partial charge in [0.25, 0.3) is 5.91 Å². The monoisotopic (exact) mass is 433 g/mol. The van der Waals surface area contributed by atoms with E-state index in [1.807, 2.05) is 26.8 Å². The maximum Gasteiger partial charge on any atom is 0.255 e. The number of ether oxygens (including phenoxy) is 1. The Bertz CT molecular complexity index is 1150. The fraction of sp³-hybridized carbons (Fsp3) is 0.320. The Balaban J connectivity index is 1.81. The van der Waals surface area contributed by atoms with Gasteiger partial charge in [0.15, 0.2) is 17.3 Å². The molecule has 3 N–H and O–H groups in total. The van der Waals surface area contributed by atoms with Crippen LogP contribution in [-0.2, 0) is 9.59 Å². The van der Waals surface area contributed by atoms with E-state index in [2.05, 4.69) is 15.6 Å². The van der Waals surface area contributed by atoms with Crippen LogP contribution < -0.4 is 15.4 Å². The zero-order valence-electron chi connectivity index (χ0n) is 18.7. The van der Waals surface area contributed by atoms with E-state index in [1.54, 1.807) is 24.4 Å². The third-order valence-electron chi connectivity index (χ3n) is 5.97. The number of nitrogens with one attached hydrogen (secondary N) is 2. The van der Waals surface area contributed by atoms with Gasteiger partial charge in [-0.2, -0.15) is 0 Å². The minimum absolute atomic E-state index is 0.00135. The van der Waals surface area contributed by atoms with E-state index in [1.165, 1.54) is 13.2 Å². The average Bonchev–Trinajstić information content (AvgIpc) is 2.74. The van der Waals surface area contributed by atoms with Crippen molar-refractivity contribution in [3.05, 3.63) is 70.2 Å². The highest BCUT2D eigenvalue weighted by Gasteiger charge is 2.40. The molecule has 32 heavy (non-hydrogen) atoms. The molecule has 1 aromatic carbocycles. The molecular formula is C25H27N3O4. The first-order chi connectivity index (χ1) is 15.3. The van der Waals surface area contributed by atoms with Crippen molar-refractivity contribution in [2.75, 3.05) is 12.4 Å². The molecular weight excluding hydrogens is 406 g/mol. The number of dihydropyridines is 1. The Morgan fingerprint density at radius 2 is 2.00 bits per heavy atom. The second kappa shape index (κ2) is 8.49. The van der Waals surface area contributed by atoms with Gasteiger partial charge in [0.05, 0.1) is 7.11 Å². The minimum Gasteiger partial charge on any atom is -0.504 e. The fourth-order valence-corrected chi connectivity index (χ4v) is 4.47. The van der Waals surface area contributed by atoms with Crippen LogP contribution in [0, 0.1) is 12.8 Å².